The summed E-state index contributed by atoms with van der Waals surface area (Å²) in [5, 5.41) is 4.24. The van der Waals surface area contributed by atoms with Gasteiger partial charge in [-0.25, -0.2) is 0 Å². The van der Waals surface area contributed by atoms with Gasteiger partial charge in [0.2, 0.25) is 0 Å². The highest BCUT2D eigenvalue weighted by Crippen LogP contribution is 2.29. The van der Waals surface area contributed by atoms with Gasteiger partial charge in [0.05, 0.1) is 12.3 Å². The Bertz CT molecular complexity index is 368. The topological polar surface area (TPSA) is 21.3 Å². The van der Waals surface area contributed by atoms with Crippen LogP contribution in [0, 0.1) is 0 Å². The molecule has 1 aromatic rings. The fraction of sp³-hybridized carbons (Fsp3) is 0.625. The smallest absolute Gasteiger partial charge is 0.142 e. The van der Waals surface area contributed by atoms with Gasteiger partial charge in [-0.1, -0.05) is 44.2 Å². The highest BCUT2D eigenvalue weighted by Gasteiger charge is 2.08. The van der Waals surface area contributed by atoms with Crippen molar-refractivity contribution in [1.29, 1.82) is 0 Å². The van der Waals surface area contributed by atoms with Gasteiger partial charge in [-0.05, 0) is 38.5 Å². The first-order chi connectivity index (χ1) is 9.17. The van der Waals surface area contributed by atoms with E-state index in [-0.39, 0.29) is 0 Å². The van der Waals surface area contributed by atoms with Gasteiger partial charge in [-0.2, -0.15) is 0 Å². The van der Waals surface area contributed by atoms with Crippen LogP contribution in [0.25, 0.3) is 0 Å². The SMILES string of the molecule is CCCCCCC(C)Nc1cc(Cl)ccc1OCC. The quantitative estimate of drug-likeness (QED) is 0.603. The van der Waals surface area contributed by atoms with Gasteiger partial charge >= 0.3 is 0 Å². The Hall–Kier alpha value is -0.890. The summed E-state index contributed by atoms with van der Waals surface area (Å²) in [6.45, 7) is 7.11. The summed E-state index contributed by atoms with van der Waals surface area (Å²) in [4.78, 5) is 0. The lowest BCUT2D eigenvalue weighted by atomic mass is 10.1. The lowest BCUT2D eigenvalue weighted by Crippen LogP contribution is -2.15. The van der Waals surface area contributed by atoms with Gasteiger partial charge in [0, 0.05) is 11.1 Å². The molecule has 0 aromatic heterocycles. The van der Waals surface area contributed by atoms with Crippen molar-refractivity contribution < 1.29 is 4.74 Å². The van der Waals surface area contributed by atoms with Gasteiger partial charge in [-0.15, -0.1) is 0 Å². The van der Waals surface area contributed by atoms with E-state index >= 15 is 0 Å². The van der Waals surface area contributed by atoms with E-state index in [0.717, 1.165) is 16.5 Å². The zero-order valence-corrected chi connectivity index (χ0v) is 13.1. The van der Waals surface area contributed by atoms with Crippen LogP contribution in [0.2, 0.25) is 5.02 Å². The van der Waals surface area contributed by atoms with Crippen LogP contribution in [-0.2, 0) is 0 Å². The van der Waals surface area contributed by atoms with Crippen LogP contribution in [0.4, 0.5) is 5.69 Å². The lowest BCUT2D eigenvalue weighted by Gasteiger charge is -2.18. The molecule has 1 aromatic carbocycles. The zero-order valence-electron chi connectivity index (χ0n) is 12.3. The first-order valence-electron chi connectivity index (χ1n) is 7.36. The Balaban J connectivity index is 2.52. The van der Waals surface area contributed by atoms with Crippen LogP contribution >= 0.6 is 11.6 Å². The van der Waals surface area contributed by atoms with Gasteiger partial charge in [-0.3, -0.25) is 0 Å². The number of hydrogen-bond donors (Lipinski definition) is 1. The van der Waals surface area contributed by atoms with Crippen LogP contribution in [0.15, 0.2) is 18.2 Å². The molecule has 0 spiro atoms. The van der Waals surface area contributed by atoms with Crippen LogP contribution in [-0.4, -0.2) is 12.6 Å². The zero-order chi connectivity index (χ0) is 14.1. The fourth-order valence-corrected chi connectivity index (χ4v) is 2.28. The van der Waals surface area contributed by atoms with Crippen molar-refractivity contribution in [1.82, 2.24) is 0 Å². The van der Waals surface area contributed by atoms with Gasteiger partial charge in [0.25, 0.3) is 0 Å². The first-order valence-corrected chi connectivity index (χ1v) is 7.74. The Morgan fingerprint density at radius 3 is 2.68 bits per heavy atom. The van der Waals surface area contributed by atoms with Crippen molar-refractivity contribution in [3.8, 4) is 5.75 Å². The predicted octanol–water partition coefficient (Wildman–Crippen LogP) is 5.51. The number of ether oxygens (including phenoxy) is 1. The van der Waals surface area contributed by atoms with E-state index in [1.807, 2.05) is 25.1 Å². The third-order valence-corrected chi connectivity index (χ3v) is 3.37. The van der Waals surface area contributed by atoms with Gasteiger partial charge in [0.1, 0.15) is 5.75 Å². The number of unbranched alkanes of at least 4 members (excludes halogenated alkanes) is 3. The molecule has 108 valence electrons. The highest BCUT2D eigenvalue weighted by molar-refractivity contribution is 6.30. The Kier molecular flexibility index (Phi) is 7.73. The molecule has 19 heavy (non-hydrogen) atoms. The van der Waals surface area contributed by atoms with Gasteiger partial charge < -0.3 is 10.1 Å². The second-order valence-electron chi connectivity index (χ2n) is 4.97. The molecule has 0 fully saturated rings. The van der Waals surface area contributed by atoms with E-state index < -0.39 is 0 Å². The van der Waals surface area contributed by atoms with E-state index in [1.54, 1.807) is 0 Å². The van der Waals surface area contributed by atoms with Crippen LogP contribution < -0.4 is 10.1 Å². The molecular formula is C16H26ClNO. The third kappa shape index (κ3) is 6.20. The molecule has 0 bridgehead atoms. The minimum atomic E-state index is 0.439. The summed E-state index contributed by atoms with van der Waals surface area (Å²) in [6.07, 6.45) is 6.37. The maximum absolute atomic E-state index is 6.05. The normalized spacial score (nSPS) is 12.2. The fourth-order valence-electron chi connectivity index (χ4n) is 2.11. The predicted molar refractivity (Wildman–Crippen MR) is 84.5 cm³/mol. The van der Waals surface area contributed by atoms with Crippen LogP contribution in [0.3, 0.4) is 0 Å². The Labute approximate surface area is 122 Å². The summed E-state index contributed by atoms with van der Waals surface area (Å²) in [5.74, 6) is 0.882. The van der Waals surface area contributed by atoms with E-state index in [0.29, 0.717) is 12.6 Å². The van der Waals surface area contributed by atoms with E-state index in [4.69, 9.17) is 16.3 Å². The number of anilines is 1. The number of halogens is 1. The Morgan fingerprint density at radius 2 is 2.00 bits per heavy atom. The van der Waals surface area contributed by atoms with E-state index in [1.165, 1.54) is 32.1 Å². The standard InChI is InChI=1S/C16H26ClNO/c1-4-6-7-8-9-13(3)18-15-12-14(17)10-11-16(15)19-5-2/h10-13,18H,4-9H2,1-3H3. The van der Waals surface area contributed by atoms with Crippen LogP contribution in [0.1, 0.15) is 52.9 Å². The van der Waals surface area contributed by atoms with Crippen molar-refractivity contribution in [2.45, 2.75) is 58.9 Å². The average molecular weight is 284 g/mol. The van der Waals surface area contributed by atoms with Crippen molar-refractivity contribution in [3.05, 3.63) is 23.2 Å². The summed E-state index contributed by atoms with van der Waals surface area (Å²) in [7, 11) is 0. The molecule has 1 atom stereocenters. The summed E-state index contributed by atoms with van der Waals surface area (Å²) >= 11 is 6.05. The third-order valence-electron chi connectivity index (χ3n) is 3.13. The molecule has 0 aliphatic carbocycles. The first kappa shape index (κ1) is 16.2. The maximum Gasteiger partial charge on any atom is 0.142 e. The molecule has 0 aliphatic heterocycles. The number of nitrogens with one attached hydrogen (secondary N) is 1. The molecule has 0 amide bonds. The van der Waals surface area contributed by atoms with Crippen molar-refractivity contribution in [2.75, 3.05) is 11.9 Å². The van der Waals surface area contributed by atoms with Crippen molar-refractivity contribution >= 4 is 17.3 Å². The molecular weight excluding hydrogens is 258 g/mol. The van der Waals surface area contributed by atoms with E-state index in [2.05, 4.69) is 19.2 Å². The summed E-state index contributed by atoms with van der Waals surface area (Å²) < 4.78 is 5.61. The summed E-state index contributed by atoms with van der Waals surface area (Å²) in [6, 6.07) is 6.17. The largest absolute Gasteiger partial charge is 0.492 e. The molecule has 0 heterocycles. The number of rotatable bonds is 9. The monoisotopic (exact) mass is 283 g/mol. The highest BCUT2D eigenvalue weighted by atomic mass is 35.5. The summed E-state index contributed by atoms with van der Waals surface area (Å²) in [5.41, 5.74) is 0.998. The molecule has 1 rings (SSSR count). The van der Waals surface area contributed by atoms with Crippen molar-refractivity contribution in [3.63, 3.8) is 0 Å². The second kappa shape index (κ2) is 9.08. The van der Waals surface area contributed by atoms with Crippen molar-refractivity contribution in [2.24, 2.45) is 0 Å². The lowest BCUT2D eigenvalue weighted by molar-refractivity contribution is 0.341. The number of benzene rings is 1. The maximum atomic E-state index is 6.05. The molecule has 3 heteroatoms. The molecule has 0 aliphatic rings. The average Bonchev–Trinajstić information content (AvgIpc) is 2.38. The second-order valence-corrected chi connectivity index (χ2v) is 5.40. The van der Waals surface area contributed by atoms with Gasteiger partial charge in [0.15, 0.2) is 0 Å². The van der Waals surface area contributed by atoms with Crippen LogP contribution in [0.5, 0.6) is 5.75 Å². The molecule has 0 saturated heterocycles. The number of hydrogen-bond acceptors (Lipinski definition) is 2. The minimum absolute atomic E-state index is 0.439. The van der Waals surface area contributed by atoms with E-state index in [9.17, 15) is 0 Å². The molecule has 2 nitrogen and oxygen atoms in total. The molecule has 1 N–H and O–H groups in total. The minimum Gasteiger partial charge on any atom is -0.492 e. The molecule has 1 unspecified atom stereocenters. The Morgan fingerprint density at radius 1 is 1.21 bits per heavy atom. The molecule has 0 radical (unpaired) electrons. The molecule has 0 saturated carbocycles.